The zero-order chi connectivity index (χ0) is 18.8. The first-order valence-corrected chi connectivity index (χ1v) is 9.43. The maximum Gasteiger partial charge on any atom is 0.220 e. The van der Waals surface area contributed by atoms with Crippen molar-refractivity contribution >= 4 is 28.6 Å². The van der Waals surface area contributed by atoms with Gasteiger partial charge in [0.05, 0.1) is 17.6 Å². The van der Waals surface area contributed by atoms with Gasteiger partial charge in [0, 0.05) is 17.4 Å². The fourth-order valence-corrected chi connectivity index (χ4v) is 3.63. The number of nitrogens with two attached hydrogens (primary N) is 1. The van der Waals surface area contributed by atoms with E-state index in [1.165, 1.54) is 0 Å². The molecule has 0 radical (unpaired) electrons. The van der Waals surface area contributed by atoms with Crippen LogP contribution in [0.1, 0.15) is 12.5 Å². The number of hydrogen-bond donors (Lipinski definition) is 2. The van der Waals surface area contributed by atoms with Crippen molar-refractivity contribution < 1.29 is 19.1 Å². The highest BCUT2D eigenvalue weighted by atomic mass is 32.2. The Morgan fingerprint density at radius 3 is 2.69 bits per heavy atom. The van der Waals surface area contributed by atoms with E-state index in [9.17, 15) is 9.90 Å². The number of rotatable bonds is 6. The number of furan rings is 1. The van der Waals surface area contributed by atoms with Crippen LogP contribution in [0.15, 0.2) is 45.7 Å². The van der Waals surface area contributed by atoms with Crippen molar-refractivity contribution in [3.63, 3.8) is 0 Å². The molecule has 136 valence electrons. The Labute approximate surface area is 156 Å². The second kappa shape index (κ2) is 7.33. The van der Waals surface area contributed by atoms with E-state index in [-0.39, 0.29) is 17.6 Å². The van der Waals surface area contributed by atoms with Gasteiger partial charge in [-0.2, -0.15) is 0 Å². The Balaban J connectivity index is 2.09. The SMILES string of the molecule is COc1ccc(-c2oc3ccc(CC(C)C(N)=O)cc3c2SC)c(O)c1. The Hall–Kier alpha value is -2.60. The van der Waals surface area contributed by atoms with E-state index < -0.39 is 0 Å². The number of primary amides is 1. The van der Waals surface area contributed by atoms with Gasteiger partial charge in [-0.1, -0.05) is 13.0 Å². The molecule has 2 aromatic carbocycles. The molecule has 1 unspecified atom stereocenters. The van der Waals surface area contributed by atoms with E-state index >= 15 is 0 Å². The highest BCUT2D eigenvalue weighted by Gasteiger charge is 2.19. The van der Waals surface area contributed by atoms with Gasteiger partial charge in [0.25, 0.3) is 0 Å². The summed E-state index contributed by atoms with van der Waals surface area (Å²) in [5.74, 6) is 0.748. The molecule has 3 N–H and O–H groups in total. The lowest BCUT2D eigenvalue weighted by Gasteiger charge is -2.07. The molecule has 1 amide bonds. The van der Waals surface area contributed by atoms with Gasteiger partial charge in [-0.15, -0.1) is 11.8 Å². The largest absolute Gasteiger partial charge is 0.507 e. The Morgan fingerprint density at radius 1 is 1.31 bits per heavy atom. The van der Waals surface area contributed by atoms with Crippen molar-refractivity contribution in [3.8, 4) is 22.8 Å². The van der Waals surface area contributed by atoms with Crippen molar-refractivity contribution in [1.29, 1.82) is 0 Å². The first-order valence-electron chi connectivity index (χ1n) is 8.20. The maximum atomic E-state index is 11.3. The third-order valence-corrected chi connectivity index (χ3v) is 5.20. The number of benzene rings is 2. The summed E-state index contributed by atoms with van der Waals surface area (Å²) in [6.07, 6.45) is 2.54. The Kier molecular flexibility index (Phi) is 5.13. The summed E-state index contributed by atoms with van der Waals surface area (Å²) in [5.41, 5.74) is 7.73. The van der Waals surface area contributed by atoms with Crippen LogP contribution in [-0.4, -0.2) is 24.4 Å². The molecule has 3 aromatic rings. The Morgan fingerprint density at radius 2 is 2.08 bits per heavy atom. The summed E-state index contributed by atoms with van der Waals surface area (Å²) in [4.78, 5) is 12.3. The van der Waals surface area contributed by atoms with E-state index in [1.807, 2.05) is 31.4 Å². The van der Waals surface area contributed by atoms with Crippen LogP contribution in [0.2, 0.25) is 0 Å². The molecule has 6 heteroatoms. The van der Waals surface area contributed by atoms with Gasteiger partial charge in [-0.05, 0) is 42.5 Å². The number of phenols is 1. The lowest BCUT2D eigenvalue weighted by molar-refractivity contribution is -0.121. The number of thioether (sulfide) groups is 1. The second-order valence-corrected chi connectivity index (χ2v) is 7.00. The number of ether oxygens (including phenoxy) is 1. The van der Waals surface area contributed by atoms with Crippen LogP contribution in [0.3, 0.4) is 0 Å². The number of methoxy groups -OCH3 is 1. The zero-order valence-corrected chi connectivity index (χ0v) is 15.7. The molecule has 1 atom stereocenters. The third-order valence-electron chi connectivity index (χ3n) is 4.39. The molecule has 1 aromatic heterocycles. The smallest absolute Gasteiger partial charge is 0.220 e. The number of carbonyl (C=O) groups is 1. The average molecular weight is 371 g/mol. The number of phenolic OH excluding ortho intramolecular Hbond substituents is 1. The predicted octanol–water partition coefficient (Wildman–Crippen LogP) is 4.20. The molecule has 0 spiro atoms. The van der Waals surface area contributed by atoms with Crippen LogP contribution in [-0.2, 0) is 11.2 Å². The van der Waals surface area contributed by atoms with Gasteiger partial charge >= 0.3 is 0 Å². The second-order valence-electron chi connectivity index (χ2n) is 6.19. The predicted molar refractivity (Wildman–Crippen MR) is 104 cm³/mol. The summed E-state index contributed by atoms with van der Waals surface area (Å²) in [7, 11) is 1.55. The summed E-state index contributed by atoms with van der Waals surface area (Å²) >= 11 is 1.55. The van der Waals surface area contributed by atoms with Crippen molar-refractivity contribution in [1.82, 2.24) is 0 Å². The molecule has 0 aliphatic carbocycles. The van der Waals surface area contributed by atoms with E-state index in [4.69, 9.17) is 14.9 Å². The fourth-order valence-electron chi connectivity index (χ4n) is 2.91. The quantitative estimate of drug-likeness (QED) is 0.634. The van der Waals surface area contributed by atoms with Gasteiger partial charge in [0.1, 0.15) is 17.1 Å². The molecule has 0 saturated carbocycles. The molecule has 1 heterocycles. The van der Waals surface area contributed by atoms with Crippen LogP contribution in [0.25, 0.3) is 22.3 Å². The minimum absolute atomic E-state index is 0.0984. The van der Waals surface area contributed by atoms with Crippen molar-refractivity contribution in [3.05, 3.63) is 42.0 Å². The fraction of sp³-hybridized carbons (Fsp3) is 0.250. The van der Waals surface area contributed by atoms with Gasteiger partial charge < -0.3 is 20.0 Å². The third kappa shape index (κ3) is 3.37. The summed E-state index contributed by atoms with van der Waals surface area (Å²) < 4.78 is 11.2. The molecule has 0 aliphatic heterocycles. The van der Waals surface area contributed by atoms with Crippen LogP contribution in [0, 0.1) is 5.92 Å². The number of fused-ring (bicyclic) bond motifs is 1. The average Bonchev–Trinajstić information content (AvgIpc) is 2.98. The molecule has 0 saturated heterocycles. The van der Waals surface area contributed by atoms with Gasteiger partial charge in [-0.25, -0.2) is 0 Å². The van der Waals surface area contributed by atoms with Crippen molar-refractivity contribution in [2.24, 2.45) is 11.7 Å². The molecule has 5 nitrogen and oxygen atoms in total. The normalized spacial score (nSPS) is 12.3. The van der Waals surface area contributed by atoms with Crippen LogP contribution in [0.5, 0.6) is 11.5 Å². The molecular formula is C20H21NO4S. The van der Waals surface area contributed by atoms with E-state index in [1.54, 1.807) is 37.1 Å². The van der Waals surface area contributed by atoms with Crippen LogP contribution in [0.4, 0.5) is 0 Å². The summed E-state index contributed by atoms with van der Waals surface area (Å²) in [6, 6.07) is 11.0. The van der Waals surface area contributed by atoms with Crippen molar-refractivity contribution in [2.75, 3.05) is 13.4 Å². The minimum atomic E-state index is -0.314. The van der Waals surface area contributed by atoms with Gasteiger partial charge in [0.2, 0.25) is 5.91 Å². The molecule has 3 rings (SSSR count). The summed E-state index contributed by atoms with van der Waals surface area (Å²) in [5, 5.41) is 11.3. The van der Waals surface area contributed by atoms with E-state index in [0.29, 0.717) is 23.5 Å². The van der Waals surface area contributed by atoms with Gasteiger partial charge in [0.15, 0.2) is 5.76 Å². The maximum absolute atomic E-state index is 11.3. The number of aromatic hydroxyl groups is 1. The van der Waals surface area contributed by atoms with E-state index in [0.717, 1.165) is 21.4 Å². The Bertz CT molecular complexity index is 964. The van der Waals surface area contributed by atoms with Crippen LogP contribution < -0.4 is 10.5 Å². The van der Waals surface area contributed by atoms with Crippen molar-refractivity contribution in [2.45, 2.75) is 18.2 Å². The number of amides is 1. The monoisotopic (exact) mass is 371 g/mol. The minimum Gasteiger partial charge on any atom is -0.507 e. The molecule has 0 aliphatic rings. The highest BCUT2D eigenvalue weighted by molar-refractivity contribution is 7.99. The first-order chi connectivity index (χ1) is 12.4. The van der Waals surface area contributed by atoms with E-state index in [2.05, 4.69) is 0 Å². The molecule has 0 bridgehead atoms. The first kappa shape index (κ1) is 18.2. The topological polar surface area (TPSA) is 85.7 Å². The summed E-state index contributed by atoms with van der Waals surface area (Å²) in [6.45, 7) is 1.82. The molecule has 0 fully saturated rings. The highest BCUT2D eigenvalue weighted by Crippen LogP contribution is 2.43. The number of hydrogen-bond acceptors (Lipinski definition) is 5. The zero-order valence-electron chi connectivity index (χ0n) is 14.9. The number of carbonyl (C=O) groups excluding carboxylic acids is 1. The lowest BCUT2D eigenvalue weighted by Crippen LogP contribution is -2.22. The molecule has 26 heavy (non-hydrogen) atoms. The van der Waals surface area contributed by atoms with Crippen LogP contribution >= 0.6 is 11.8 Å². The standard InChI is InChI=1S/C20H21NO4S/c1-11(20(21)23)8-12-4-7-17-15(9-12)19(26-3)18(25-17)14-6-5-13(24-2)10-16(14)22/h4-7,9-11,22H,8H2,1-3H3,(H2,21,23). The molecular weight excluding hydrogens is 350 g/mol. The lowest BCUT2D eigenvalue weighted by atomic mass is 9.99. The van der Waals surface area contributed by atoms with Gasteiger partial charge in [-0.3, -0.25) is 4.79 Å².